The van der Waals surface area contributed by atoms with E-state index in [0.717, 1.165) is 67.0 Å². The van der Waals surface area contributed by atoms with Crippen LogP contribution >= 0.6 is 0 Å². The minimum Gasteiger partial charge on any atom is -0.463 e. The highest BCUT2D eigenvalue weighted by Gasteiger charge is 2.45. The Morgan fingerprint density at radius 3 is 2.36 bits per heavy atom. The first-order chi connectivity index (χ1) is 22.7. The van der Waals surface area contributed by atoms with E-state index >= 15 is 0 Å². The van der Waals surface area contributed by atoms with Crippen LogP contribution in [0.3, 0.4) is 0 Å². The number of amides is 1. The molecule has 4 aromatic rings. The number of fused-ring (bicyclic) bond motifs is 6. The topological polar surface area (TPSA) is 85.2 Å². The van der Waals surface area contributed by atoms with Gasteiger partial charge in [0.05, 0.1) is 31.9 Å². The smallest absolute Gasteiger partial charge is 0.410 e. The van der Waals surface area contributed by atoms with Gasteiger partial charge in [0.2, 0.25) is 0 Å². The van der Waals surface area contributed by atoms with Gasteiger partial charge in [-0.15, -0.1) is 0 Å². The van der Waals surface area contributed by atoms with Gasteiger partial charge in [-0.25, -0.2) is 4.79 Å². The number of aromatic nitrogens is 3. The molecular weight excluding hydrogens is 592 g/mol. The molecule has 4 unspecified atom stereocenters. The molecule has 2 aromatic carbocycles. The number of rotatable bonds is 7. The Labute approximate surface area is 276 Å². The zero-order valence-corrected chi connectivity index (χ0v) is 28.0. The fourth-order valence-corrected chi connectivity index (χ4v) is 8.37. The van der Waals surface area contributed by atoms with Crippen molar-refractivity contribution in [1.29, 1.82) is 0 Å². The van der Waals surface area contributed by atoms with Gasteiger partial charge >= 0.3 is 12.1 Å². The highest BCUT2D eigenvalue weighted by atomic mass is 16.6. The quantitative estimate of drug-likeness (QED) is 0.228. The van der Waals surface area contributed by atoms with E-state index in [9.17, 15) is 4.79 Å². The molecule has 0 N–H and O–H groups in total. The number of hydrogen-bond acceptors (Lipinski definition) is 8. The Morgan fingerprint density at radius 2 is 1.62 bits per heavy atom. The molecule has 2 aromatic heterocycles. The van der Waals surface area contributed by atoms with Crippen LogP contribution in [0.5, 0.6) is 6.01 Å². The lowest BCUT2D eigenvalue weighted by molar-refractivity contribution is -0.0161. The van der Waals surface area contributed by atoms with Crippen LogP contribution in [0, 0.1) is 0 Å². The number of benzene rings is 2. The van der Waals surface area contributed by atoms with E-state index in [0.29, 0.717) is 37.8 Å². The van der Waals surface area contributed by atoms with Crippen LogP contribution in [0.4, 0.5) is 10.6 Å². The van der Waals surface area contributed by atoms with Gasteiger partial charge in [0.15, 0.2) is 5.82 Å². The second-order valence-electron chi connectivity index (χ2n) is 14.7. The molecule has 10 nitrogen and oxygen atoms in total. The number of carbonyl (C=O) groups excluding carboxylic acids is 1. The largest absolute Gasteiger partial charge is 0.463 e. The van der Waals surface area contributed by atoms with Gasteiger partial charge in [-0.2, -0.15) is 9.97 Å². The summed E-state index contributed by atoms with van der Waals surface area (Å²) in [6.07, 6.45) is 7.23. The maximum Gasteiger partial charge on any atom is 0.410 e. The van der Waals surface area contributed by atoms with Crippen molar-refractivity contribution in [2.45, 2.75) is 82.6 Å². The minimum atomic E-state index is -0.527. The molecular formula is C37H46N6O4. The van der Waals surface area contributed by atoms with Crippen molar-refractivity contribution in [2.75, 3.05) is 44.4 Å². The molecule has 4 aliphatic rings. The minimum absolute atomic E-state index is 0.0691. The van der Waals surface area contributed by atoms with Crippen molar-refractivity contribution < 1.29 is 19.0 Å². The van der Waals surface area contributed by atoms with Crippen LogP contribution in [0.25, 0.3) is 32.9 Å². The molecule has 1 amide bonds. The highest BCUT2D eigenvalue weighted by molar-refractivity contribution is 6.06. The van der Waals surface area contributed by atoms with E-state index in [4.69, 9.17) is 24.2 Å². The van der Waals surface area contributed by atoms with Gasteiger partial charge in [0.25, 0.3) is 0 Å². The molecule has 4 bridgehead atoms. The average Bonchev–Trinajstić information content (AvgIpc) is 3.60. The maximum atomic E-state index is 13.2. The third kappa shape index (κ3) is 5.69. The van der Waals surface area contributed by atoms with Gasteiger partial charge in [0, 0.05) is 50.5 Å². The predicted molar refractivity (Wildman–Crippen MR) is 183 cm³/mol. The molecule has 4 saturated heterocycles. The van der Waals surface area contributed by atoms with Gasteiger partial charge < -0.3 is 23.7 Å². The molecule has 47 heavy (non-hydrogen) atoms. The Morgan fingerprint density at radius 1 is 0.915 bits per heavy atom. The van der Waals surface area contributed by atoms with Crippen molar-refractivity contribution in [3.63, 3.8) is 0 Å². The molecule has 6 heterocycles. The number of nitrogens with zero attached hydrogens (tertiary/aromatic N) is 6. The third-order valence-corrected chi connectivity index (χ3v) is 10.4. The molecule has 0 radical (unpaired) electrons. The molecule has 4 fully saturated rings. The summed E-state index contributed by atoms with van der Waals surface area (Å²) in [6, 6.07) is 16.6. The van der Waals surface area contributed by atoms with Crippen molar-refractivity contribution in [3.05, 3.63) is 48.7 Å². The summed E-state index contributed by atoms with van der Waals surface area (Å²) in [6.45, 7) is 10.4. The predicted octanol–water partition coefficient (Wildman–Crippen LogP) is 6.01. The van der Waals surface area contributed by atoms with Crippen LogP contribution < -0.4 is 9.64 Å². The molecule has 0 aliphatic carbocycles. The van der Waals surface area contributed by atoms with Crippen LogP contribution in [-0.2, 0) is 16.5 Å². The van der Waals surface area contributed by atoms with Gasteiger partial charge in [-0.1, -0.05) is 42.5 Å². The summed E-state index contributed by atoms with van der Waals surface area (Å²) in [5.74, 6) is 0.867. The lowest BCUT2D eigenvalue weighted by atomic mass is 9.99. The Hall–Kier alpha value is -3.89. The van der Waals surface area contributed by atoms with Crippen LogP contribution in [0.1, 0.15) is 52.9 Å². The van der Waals surface area contributed by atoms with Crippen LogP contribution in [-0.4, -0.2) is 99.7 Å². The molecule has 8 rings (SSSR count). The number of piperazine rings is 1. The fourth-order valence-electron chi connectivity index (χ4n) is 8.37. The monoisotopic (exact) mass is 638 g/mol. The number of ether oxygens (including phenoxy) is 3. The van der Waals surface area contributed by atoms with E-state index in [1.165, 1.54) is 23.6 Å². The zero-order chi connectivity index (χ0) is 32.3. The summed E-state index contributed by atoms with van der Waals surface area (Å²) in [5, 5.41) is 2.38. The van der Waals surface area contributed by atoms with E-state index in [-0.39, 0.29) is 18.2 Å². The van der Waals surface area contributed by atoms with Crippen LogP contribution in [0.15, 0.2) is 48.7 Å². The van der Waals surface area contributed by atoms with E-state index in [2.05, 4.69) is 70.1 Å². The first kappa shape index (κ1) is 30.4. The number of morpholine rings is 1. The Kier molecular flexibility index (Phi) is 7.75. The van der Waals surface area contributed by atoms with Gasteiger partial charge in [-0.05, 0) is 69.2 Å². The van der Waals surface area contributed by atoms with Crippen molar-refractivity contribution >= 4 is 33.7 Å². The Bertz CT molecular complexity index is 1760. The molecule has 0 saturated carbocycles. The molecule has 4 aliphatic heterocycles. The lowest BCUT2D eigenvalue weighted by Crippen LogP contribution is -2.57. The second kappa shape index (κ2) is 12.0. The van der Waals surface area contributed by atoms with E-state index < -0.39 is 5.60 Å². The zero-order valence-electron chi connectivity index (χ0n) is 28.0. The van der Waals surface area contributed by atoms with Crippen molar-refractivity contribution in [2.24, 2.45) is 7.05 Å². The number of anilines is 1. The number of aryl methyl sites for hydroxylation is 1. The Balaban J connectivity index is 1.12. The van der Waals surface area contributed by atoms with Crippen molar-refractivity contribution in [1.82, 2.24) is 24.3 Å². The summed E-state index contributed by atoms with van der Waals surface area (Å²) in [5.41, 5.74) is 3.54. The lowest BCUT2D eigenvalue weighted by Gasteiger charge is -2.42. The molecule has 4 atom stereocenters. The van der Waals surface area contributed by atoms with E-state index in [1.54, 1.807) is 0 Å². The van der Waals surface area contributed by atoms with E-state index in [1.807, 2.05) is 25.7 Å². The van der Waals surface area contributed by atoms with Gasteiger partial charge in [-0.3, -0.25) is 9.80 Å². The number of hydrogen-bond donors (Lipinski definition) is 0. The number of carbonyl (C=O) groups is 1. The van der Waals surface area contributed by atoms with Crippen molar-refractivity contribution in [3.8, 4) is 17.1 Å². The first-order valence-corrected chi connectivity index (χ1v) is 17.3. The van der Waals surface area contributed by atoms with Crippen LogP contribution in [0.2, 0.25) is 0 Å². The summed E-state index contributed by atoms with van der Waals surface area (Å²) < 4.78 is 20.2. The SMILES string of the molecule is Cn1cc(-c2cccc3ccccc23)c2nc(OCCCN3C4CCC3COC4)nc(N3CC4CCC(C3)N4C(=O)OC(C)(C)C)c21. The average molecular weight is 639 g/mol. The molecule has 248 valence electrons. The first-order valence-electron chi connectivity index (χ1n) is 17.3. The normalized spacial score (nSPS) is 24.4. The highest BCUT2D eigenvalue weighted by Crippen LogP contribution is 2.40. The third-order valence-electron chi connectivity index (χ3n) is 10.4. The molecule has 10 heteroatoms. The fraction of sp³-hybridized carbons (Fsp3) is 0.541. The second-order valence-corrected chi connectivity index (χ2v) is 14.7. The maximum absolute atomic E-state index is 13.2. The summed E-state index contributed by atoms with van der Waals surface area (Å²) in [4.78, 5) is 30.4. The summed E-state index contributed by atoms with van der Waals surface area (Å²) in [7, 11) is 2.08. The summed E-state index contributed by atoms with van der Waals surface area (Å²) >= 11 is 0. The standard InChI is InChI=1S/C37H46N6O4/c1-37(2,3)47-36(44)43-25-13-14-26(43)20-41(19-25)34-33-32(31(21-40(33)4)30-12-7-10-24-9-5-6-11-29(24)30)38-35(39-34)46-18-8-17-42-27-15-16-28(42)23-45-22-27/h5-7,9-12,21,25-28H,8,13-20,22-23H2,1-4H3. The molecule has 0 spiro atoms. The van der Waals surface area contributed by atoms with Gasteiger partial charge in [0.1, 0.15) is 16.6 Å².